The fraction of sp³-hybridized carbons (Fsp3) is 0.150. The number of aromatic nitrogens is 1. The number of rotatable bonds is 11. The maximum absolute atomic E-state index is 14.5. The number of ether oxygens (including phenoxy) is 2. The van der Waals surface area contributed by atoms with E-state index in [1.54, 1.807) is 4.90 Å². The summed E-state index contributed by atoms with van der Waals surface area (Å²) in [6, 6.07) is 30.4. The average Bonchev–Trinajstić information content (AvgIpc) is 3.78. The van der Waals surface area contributed by atoms with E-state index in [4.69, 9.17) is 13.9 Å². The van der Waals surface area contributed by atoms with Crippen LogP contribution in [0.25, 0.3) is 27.9 Å². The molecule has 1 aromatic heterocycles. The Balaban J connectivity index is 1.29. The Kier molecular flexibility index (Phi) is 8.74. The minimum absolute atomic E-state index is 0.0616. The number of oxazole rings is 1. The van der Waals surface area contributed by atoms with Gasteiger partial charge in [-0.1, -0.05) is 60.7 Å². The van der Waals surface area contributed by atoms with Crippen LogP contribution in [0.4, 0.5) is 0 Å². The quantitative estimate of drug-likeness (QED) is 0.140. The predicted octanol–water partition coefficient (Wildman–Crippen LogP) is 8.02. The van der Waals surface area contributed by atoms with Crippen LogP contribution in [0, 0.1) is 0 Å². The highest BCUT2D eigenvalue weighted by molar-refractivity contribution is 6.04. The Labute approximate surface area is 286 Å². The summed E-state index contributed by atoms with van der Waals surface area (Å²) in [5, 5.41) is 21.5. The van der Waals surface area contributed by atoms with Gasteiger partial charge in [-0.2, -0.15) is 0 Å². The van der Waals surface area contributed by atoms with Gasteiger partial charge in [-0.25, -0.2) is 14.6 Å². The molecule has 0 spiro atoms. The molecule has 2 unspecified atom stereocenters. The molecule has 2 atom stereocenters. The number of para-hydroxylation sites is 2. The van der Waals surface area contributed by atoms with E-state index >= 15 is 0 Å². The lowest BCUT2D eigenvalue weighted by molar-refractivity contribution is 0.0639. The Morgan fingerprint density at radius 1 is 0.820 bits per heavy atom. The number of carbonyl (C=O) groups excluding carboxylic acids is 1. The molecule has 1 aliphatic heterocycles. The second-order valence-corrected chi connectivity index (χ2v) is 12.1. The zero-order valence-electron chi connectivity index (χ0n) is 27.0. The van der Waals surface area contributed by atoms with Gasteiger partial charge in [0.05, 0.1) is 11.1 Å². The molecule has 2 N–H and O–H groups in total. The van der Waals surface area contributed by atoms with Gasteiger partial charge in [-0.05, 0) is 89.9 Å². The number of carboxylic acids is 2. The third-order valence-electron chi connectivity index (χ3n) is 9.01. The summed E-state index contributed by atoms with van der Waals surface area (Å²) in [6.07, 6.45) is 4.24. The molecule has 7 rings (SSSR count). The Morgan fingerprint density at radius 3 is 2.38 bits per heavy atom. The minimum Gasteiger partial charge on any atom is -0.478 e. The first-order chi connectivity index (χ1) is 24.2. The van der Waals surface area contributed by atoms with Crippen molar-refractivity contribution in [3.05, 3.63) is 143 Å². The van der Waals surface area contributed by atoms with Crippen molar-refractivity contribution < 1.29 is 38.5 Å². The summed E-state index contributed by atoms with van der Waals surface area (Å²) in [6.45, 7) is 2.26. The third kappa shape index (κ3) is 6.51. The average molecular weight is 669 g/mol. The molecule has 0 bridgehead atoms. The molecular formula is C40H32N2O8. The number of aromatic carboxylic acids is 2. The summed E-state index contributed by atoms with van der Waals surface area (Å²) in [7, 11) is 0. The molecule has 0 saturated heterocycles. The van der Waals surface area contributed by atoms with Crippen LogP contribution in [-0.4, -0.2) is 50.8 Å². The molecule has 2 heterocycles. The predicted molar refractivity (Wildman–Crippen MR) is 187 cm³/mol. The molecule has 0 saturated carbocycles. The van der Waals surface area contributed by atoms with E-state index in [-0.39, 0.29) is 24.8 Å². The van der Waals surface area contributed by atoms with Crippen molar-refractivity contribution in [3.63, 3.8) is 0 Å². The van der Waals surface area contributed by atoms with Gasteiger partial charge in [0.2, 0.25) is 12.7 Å². The topological polar surface area (TPSA) is 139 Å². The number of benzene rings is 5. The van der Waals surface area contributed by atoms with E-state index in [1.165, 1.54) is 6.07 Å². The van der Waals surface area contributed by atoms with Gasteiger partial charge in [-0.3, -0.25) is 4.79 Å². The zero-order valence-corrected chi connectivity index (χ0v) is 27.0. The van der Waals surface area contributed by atoms with Gasteiger partial charge in [0.1, 0.15) is 5.52 Å². The number of fused-ring (bicyclic) bond motifs is 3. The molecule has 250 valence electrons. The molecule has 5 aromatic carbocycles. The number of nitrogens with zero attached hydrogens (tertiary/aromatic N) is 2. The largest absolute Gasteiger partial charge is 0.478 e. The molecule has 10 nitrogen and oxygen atoms in total. The van der Waals surface area contributed by atoms with Crippen LogP contribution in [0.15, 0.2) is 114 Å². The molecule has 50 heavy (non-hydrogen) atoms. The standard InChI is InChI=1S/C40H32N2O8/c1-24(30(28-16-18-35-36(21-28)49-23-48-35)9-6-12-37-41-33-10-4-5-11-34(33)50-37)42(22-25-13-14-26-7-2-3-8-27(26)19-25)38(43)29-15-17-31(39(44)45)32(20-29)40(46)47/h2-8,10-21,24,30H,9,22-23H2,1H3,(H,44,45)(H,46,47)/b12-6+. The molecule has 1 amide bonds. The first-order valence-electron chi connectivity index (χ1n) is 16.1. The van der Waals surface area contributed by atoms with Crippen LogP contribution >= 0.6 is 0 Å². The molecule has 0 radical (unpaired) electrons. The molecule has 0 fully saturated rings. The number of carboxylic acid groups (broad SMARTS) is 2. The summed E-state index contributed by atoms with van der Waals surface area (Å²) >= 11 is 0. The molecule has 1 aliphatic rings. The number of carbonyl (C=O) groups is 3. The number of hydrogen-bond acceptors (Lipinski definition) is 7. The van der Waals surface area contributed by atoms with Crippen LogP contribution in [0.5, 0.6) is 11.5 Å². The first kappa shape index (κ1) is 32.1. The van der Waals surface area contributed by atoms with E-state index in [9.17, 15) is 24.6 Å². The van der Waals surface area contributed by atoms with Crippen LogP contribution in [-0.2, 0) is 6.54 Å². The van der Waals surface area contributed by atoms with Gasteiger partial charge >= 0.3 is 11.9 Å². The highest BCUT2D eigenvalue weighted by Crippen LogP contribution is 2.38. The Hall–Kier alpha value is -6.42. The van der Waals surface area contributed by atoms with Gasteiger partial charge in [-0.15, -0.1) is 0 Å². The maximum atomic E-state index is 14.5. The second kappa shape index (κ2) is 13.6. The zero-order chi connectivity index (χ0) is 34.8. The van der Waals surface area contributed by atoms with Gasteiger partial charge in [0, 0.05) is 24.1 Å². The molecular weight excluding hydrogens is 636 g/mol. The van der Waals surface area contributed by atoms with Crippen molar-refractivity contribution >= 4 is 45.8 Å². The highest BCUT2D eigenvalue weighted by atomic mass is 16.7. The summed E-state index contributed by atoms with van der Waals surface area (Å²) < 4.78 is 17.2. The smallest absolute Gasteiger partial charge is 0.336 e. The van der Waals surface area contributed by atoms with Gasteiger partial charge in [0.15, 0.2) is 17.1 Å². The number of amides is 1. The van der Waals surface area contributed by atoms with Crippen molar-refractivity contribution in [2.75, 3.05) is 6.79 Å². The maximum Gasteiger partial charge on any atom is 0.336 e. The van der Waals surface area contributed by atoms with Gasteiger partial charge in [0.25, 0.3) is 5.91 Å². The minimum atomic E-state index is -1.44. The monoisotopic (exact) mass is 668 g/mol. The molecule has 0 aliphatic carbocycles. The lowest BCUT2D eigenvalue weighted by Crippen LogP contribution is -2.41. The summed E-state index contributed by atoms with van der Waals surface area (Å²) in [5.74, 6) is -1.88. The Bertz CT molecular complexity index is 2260. The van der Waals surface area contributed by atoms with E-state index in [1.807, 2.05) is 104 Å². The number of allylic oxidation sites excluding steroid dienone is 1. The van der Waals surface area contributed by atoms with E-state index in [0.717, 1.165) is 39.5 Å². The van der Waals surface area contributed by atoms with Crippen molar-refractivity contribution in [2.45, 2.75) is 31.8 Å². The first-order valence-corrected chi connectivity index (χ1v) is 16.1. The van der Waals surface area contributed by atoms with Crippen LogP contribution in [0.3, 0.4) is 0 Å². The normalized spacial score (nSPS) is 13.5. The van der Waals surface area contributed by atoms with E-state index in [2.05, 4.69) is 4.98 Å². The fourth-order valence-electron chi connectivity index (χ4n) is 6.39. The van der Waals surface area contributed by atoms with Crippen LogP contribution in [0.1, 0.15) is 67.4 Å². The van der Waals surface area contributed by atoms with Crippen molar-refractivity contribution in [2.24, 2.45) is 0 Å². The number of hydrogen-bond donors (Lipinski definition) is 2. The van der Waals surface area contributed by atoms with Crippen molar-refractivity contribution in [1.29, 1.82) is 0 Å². The summed E-state index contributed by atoms with van der Waals surface area (Å²) in [4.78, 5) is 44.6. The van der Waals surface area contributed by atoms with Gasteiger partial charge < -0.3 is 29.0 Å². The second-order valence-electron chi connectivity index (χ2n) is 12.1. The highest BCUT2D eigenvalue weighted by Gasteiger charge is 2.31. The van der Waals surface area contributed by atoms with Crippen molar-refractivity contribution in [1.82, 2.24) is 9.88 Å². The van der Waals surface area contributed by atoms with Crippen LogP contribution < -0.4 is 9.47 Å². The van der Waals surface area contributed by atoms with Crippen LogP contribution in [0.2, 0.25) is 0 Å². The SMILES string of the molecule is CC(C(C/C=C/c1nc2ccccc2o1)c1ccc2c(c1)OCO2)N(Cc1ccc2ccccc2c1)C(=O)c1ccc(C(=O)O)c(C(=O)O)c1. The third-order valence-corrected chi connectivity index (χ3v) is 9.01. The lowest BCUT2D eigenvalue weighted by atomic mass is 9.87. The summed E-state index contributed by atoms with van der Waals surface area (Å²) in [5.41, 5.74) is 2.39. The van der Waals surface area contributed by atoms with E-state index in [0.29, 0.717) is 29.4 Å². The fourth-order valence-corrected chi connectivity index (χ4v) is 6.39. The van der Waals surface area contributed by atoms with E-state index < -0.39 is 35.0 Å². The molecule has 6 aromatic rings. The lowest BCUT2D eigenvalue weighted by Gasteiger charge is -2.35. The van der Waals surface area contributed by atoms with Crippen molar-refractivity contribution in [3.8, 4) is 11.5 Å². The Morgan fingerprint density at radius 2 is 1.58 bits per heavy atom. The molecule has 10 heteroatoms.